The molecule has 2 rings (SSSR count). The molecule has 1 saturated carbocycles. The quantitative estimate of drug-likeness (QED) is 0.839. The second-order valence-corrected chi connectivity index (χ2v) is 7.96. The lowest BCUT2D eigenvalue weighted by molar-refractivity contribution is 0.133. The minimum atomic E-state index is -2.97. The second kappa shape index (κ2) is 7.38. The highest BCUT2D eigenvalue weighted by Gasteiger charge is 2.34. The van der Waals surface area contributed by atoms with Crippen LogP contribution in [0, 0.1) is 0 Å². The molecule has 1 N–H and O–H groups in total. The first-order valence-electron chi connectivity index (χ1n) is 7.59. The predicted octanol–water partition coefficient (Wildman–Crippen LogP) is 2.28. The molecule has 2 unspecified atom stereocenters. The van der Waals surface area contributed by atoms with Crippen LogP contribution in [0.2, 0.25) is 0 Å². The van der Waals surface area contributed by atoms with Crippen molar-refractivity contribution in [1.82, 2.24) is 5.32 Å². The van der Waals surface area contributed by atoms with Crippen molar-refractivity contribution in [2.24, 2.45) is 0 Å². The summed E-state index contributed by atoms with van der Waals surface area (Å²) in [7, 11) is -2.97. The molecule has 0 bridgehead atoms. The van der Waals surface area contributed by atoms with Crippen molar-refractivity contribution in [2.75, 3.05) is 12.9 Å². The Hall–Kier alpha value is -0.910. The lowest BCUT2D eigenvalue weighted by atomic mass is 10.1. The molecule has 5 heteroatoms. The number of ether oxygens (including phenoxy) is 1. The van der Waals surface area contributed by atoms with Gasteiger partial charge >= 0.3 is 0 Å². The number of hydrogen-bond acceptors (Lipinski definition) is 4. The van der Waals surface area contributed by atoms with E-state index in [4.69, 9.17) is 4.74 Å². The third kappa shape index (κ3) is 4.53. The van der Waals surface area contributed by atoms with Crippen LogP contribution in [0.1, 0.15) is 37.3 Å². The van der Waals surface area contributed by atoms with Gasteiger partial charge in [-0.1, -0.05) is 30.7 Å². The molecule has 0 aromatic heterocycles. The summed E-state index contributed by atoms with van der Waals surface area (Å²) in [5, 5.41) is 3.20. The van der Waals surface area contributed by atoms with Gasteiger partial charge in [0, 0.05) is 25.4 Å². The Kier molecular flexibility index (Phi) is 5.79. The summed E-state index contributed by atoms with van der Waals surface area (Å²) in [6.07, 6.45) is 4.04. The first-order chi connectivity index (χ1) is 10.0. The van der Waals surface area contributed by atoms with Crippen LogP contribution in [0.4, 0.5) is 0 Å². The molecule has 1 aromatic rings. The molecule has 21 heavy (non-hydrogen) atoms. The van der Waals surface area contributed by atoms with Crippen molar-refractivity contribution in [3.8, 4) is 0 Å². The van der Waals surface area contributed by atoms with Gasteiger partial charge in [-0.2, -0.15) is 0 Å². The standard InChI is InChI=1S/C16H25NO3S/c1-3-20-12-14-8-5-4-7-13(14)11-17-15-9-6-10-16(15)21(2,18)19/h4-5,7-8,15-17H,3,6,9-12H2,1-2H3. The minimum absolute atomic E-state index is 0.0696. The summed E-state index contributed by atoms with van der Waals surface area (Å²) in [5.74, 6) is 0. The Labute approximate surface area is 127 Å². The highest BCUT2D eigenvalue weighted by Crippen LogP contribution is 2.25. The Morgan fingerprint density at radius 3 is 2.62 bits per heavy atom. The molecule has 1 aliphatic rings. The van der Waals surface area contributed by atoms with Crippen molar-refractivity contribution in [2.45, 2.75) is 50.6 Å². The number of benzene rings is 1. The Balaban J connectivity index is 1.99. The van der Waals surface area contributed by atoms with Crippen LogP contribution in [0.15, 0.2) is 24.3 Å². The molecule has 4 nitrogen and oxygen atoms in total. The fourth-order valence-electron chi connectivity index (χ4n) is 3.00. The maximum absolute atomic E-state index is 11.8. The molecule has 118 valence electrons. The molecule has 0 heterocycles. The topological polar surface area (TPSA) is 55.4 Å². The second-order valence-electron chi connectivity index (χ2n) is 5.69. The molecule has 2 atom stereocenters. The third-order valence-electron chi connectivity index (χ3n) is 4.14. The molecule has 0 aliphatic heterocycles. The molecule has 0 spiro atoms. The van der Waals surface area contributed by atoms with E-state index in [9.17, 15) is 8.42 Å². The maximum Gasteiger partial charge on any atom is 0.151 e. The van der Waals surface area contributed by atoms with Crippen LogP contribution in [-0.4, -0.2) is 32.6 Å². The highest BCUT2D eigenvalue weighted by atomic mass is 32.2. The van der Waals surface area contributed by atoms with Crippen molar-refractivity contribution < 1.29 is 13.2 Å². The maximum atomic E-state index is 11.8. The van der Waals surface area contributed by atoms with Crippen LogP contribution < -0.4 is 5.32 Å². The van der Waals surface area contributed by atoms with E-state index in [1.165, 1.54) is 17.4 Å². The summed E-state index contributed by atoms with van der Waals surface area (Å²) < 4.78 is 29.1. The fraction of sp³-hybridized carbons (Fsp3) is 0.625. The average Bonchev–Trinajstić information content (AvgIpc) is 2.92. The number of sulfone groups is 1. The zero-order chi connectivity index (χ0) is 15.3. The first-order valence-corrected chi connectivity index (χ1v) is 9.54. The molecule has 0 radical (unpaired) electrons. The normalized spacial score (nSPS) is 22.6. The summed E-state index contributed by atoms with van der Waals surface area (Å²) in [6, 6.07) is 8.23. The first kappa shape index (κ1) is 16.5. The van der Waals surface area contributed by atoms with Gasteiger partial charge in [0.05, 0.1) is 11.9 Å². The van der Waals surface area contributed by atoms with E-state index in [0.29, 0.717) is 19.8 Å². The summed E-state index contributed by atoms with van der Waals surface area (Å²) in [4.78, 5) is 0. The summed E-state index contributed by atoms with van der Waals surface area (Å²) >= 11 is 0. The van der Waals surface area contributed by atoms with E-state index in [1.807, 2.05) is 19.1 Å². The molecule has 1 aromatic carbocycles. The van der Waals surface area contributed by atoms with E-state index in [0.717, 1.165) is 19.3 Å². The largest absolute Gasteiger partial charge is 0.377 e. The van der Waals surface area contributed by atoms with Crippen LogP contribution in [0.25, 0.3) is 0 Å². The Morgan fingerprint density at radius 2 is 1.95 bits per heavy atom. The van der Waals surface area contributed by atoms with Gasteiger partial charge in [0.1, 0.15) is 0 Å². The lowest BCUT2D eigenvalue weighted by Gasteiger charge is -2.20. The van der Waals surface area contributed by atoms with Crippen LogP contribution in [0.5, 0.6) is 0 Å². The minimum Gasteiger partial charge on any atom is -0.377 e. The van der Waals surface area contributed by atoms with Gasteiger partial charge in [-0.25, -0.2) is 8.42 Å². The SMILES string of the molecule is CCOCc1ccccc1CNC1CCCC1S(C)(=O)=O. The summed E-state index contributed by atoms with van der Waals surface area (Å²) in [6.45, 7) is 3.98. The van der Waals surface area contributed by atoms with E-state index in [1.54, 1.807) is 0 Å². The molecular formula is C16H25NO3S. The molecular weight excluding hydrogens is 286 g/mol. The molecule has 1 fully saturated rings. The van der Waals surface area contributed by atoms with E-state index in [-0.39, 0.29) is 11.3 Å². The van der Waals surface area contributed by atoms with Gasteiger partial charge in [-0.15, -0.1) is 0 Å². The highest BCUT2D eigenvalue weighted by molar-refractivity contribution is 7.91. The van der Waals surface area contributed by atoms with Crippen LogP contribution in [0.3, 0.4) is 0 Å². The van der Waals surface area contributed by atoms with Gasteiger partial charge in [-0.3, -0.25) is 0 Å². The monoisotopic (exact) mass is 311 g/mol. The van der Waals surface area contributed by atoms with E-state index < -0.39 is 9.84 Å². The van der Waals surface area contributed by atoms with Crippen molar-refractivity contribution in [3.05, 3.63) is 35.4 Å². The number of rotatable bonds is 7. The predicted molar refractivity (Wildman–Crippen MR) is 84.9 cm³/mol. The number of nitrogens with one attached hydrogen (secondary N) is 1. The molecule has 1 aliphatic carbocycles. The molecule has 0 saturated heterocycles. The van der Waals surface area contributed by atoms with Gasteiger partial charge < -0.3 is 10.1 Å². The third-order valence-corrected chi connectivity index (χ3v) is 5.80. The lowest BCUT2D eigenvalue weighted by Crippen LogP contribution is -2.39. The van der Waals surface area contributed by atoms with E-state index >= 15 is 0 Å². The molecule has 0 amide bonds. The number of hydrogen-bond donors (Lipinski definition) is 1. The van der Waals surface area contributed by atoms with Gasteiger partial charge in [0.25, 0.3) is 0 Å². The van der Waals surface area contributed by atoms with Crippen molar-refractivity contribution >= 4 is 9.84 Å². The zero-order valence-electron chi connectivity index (χ0n) is 12.8. The average molecular weight is 311 g/mol. The Morgan fingerprint density at radius 1 is 1.24 bits per heavy atom. The van der Waals surface area contributed by atoms with Gasteiger partial charge in [0.15, 0.2) is 9.84 Å². The van der Waals surface area contributed by atoms with Crippen LogP contribution in [-0.2, 0) is 27.7 Å². The zero-order valence-corrected chi connectivity index (χ0v) is 13.7. The summed E-state index contributed by atoms with van der Waals surface area (Å²) in [5.41, 5.74) is 2.35. The van der Waals surface area contributed by atoms with Crippen LogP contribution >= 0.6 is 0 Å². The Bertz CT molecular complexity index is 556. The fourth-order valence-corrected chi connectivity index (χ4v) is 4.42. The van der Waals surface area contributed by atoms with Crippen molar-refractivity contribution in [3.63, 3.8) is 0 Å². The van der Waals surface area contributed by atoms with Gasteiger partial charge in [-0.05, 0) is 30.9 Å². The van der Waals surface area contributed by atoms with Crippen molar-refractivity contribution in [1.29, 1.82) is 0 Å². The van der Waals surface area contributed by atoms with Gasteiger partial charge in [0.2, 0.25) is 0 Å². The smallest absolute Gasteiger partial charge is 0.151 e. The van der Waals surface area contributed by atoms with E-state index in [2.05, 4.69) is 17.4 Å².